The Bertz CT molecular complexity index is 1530. The van der Waals surface area contributed by atoms with Crippen LogP contribution in [0.4, 0.5) is 5.82 Å². The molecule has 0 saturated carbocycles. The average Bonchev–Trinajstić information content (AvgIpc) is 3.65. The molecule has 1 saturated heterocycles. The summed E-state index contributed by atoms with van der Waals surface area (Å²) in [4.78, 5) is 16.9. The summed E-state index contributed by atoms with van der Waals surface area (Å²) in [6.07, 6.45) is 14.7. The van der Waals surface area contributed by atoms with Gasteiger partial charge in [0.25, 0.3) is 0 Å². The Hall–Kier alpha value is -3.06. The predicted octanol–water partition coefficient (Wildman–Crippen LogP) is 7.07. The van der Waals surface area contributed by atoms with Crippen LogP contribution in [0.15, 0.2) is 48.8 Å². The largest absolute Gasteiger partial charge is 0.465 e. The molecule has 0 bridgehead atoms. The maximum atomic E-state index is 14.1. The van der Waals surface area contributed by atoms with E-state index < -0.39 is 50.3 Å². The van der Waals surface area contributed by atoms with Crippen LogP contribution >= 0.6 is 7.75 Å². The van der Waals surface area contributed by atoms with E-state index in [0.717, 1.165) is 19.3 Å². The van der Waals surface area contributed by atoms with Gasteiger partial charge < -0.3 is 29.9 Å². The van der Waals surface area contributed by atoms with E-state index in [0.29, 0.717) is 11.2 Å². The lowest BCUT2D eigenvalue weighted by Gasteiger charge is -2.30. The molecule has 0 spiro atoms. The maximum Gasteiger partial charge on any atom is 0.459 e. The first kappa shape index (κ1) is 40.7. The zero-order valence-electron chi connectivity index (χ0n) is 30.5. The lowest BCUT2D eigenvalue weighted by atomic mass is 9.97. The fourth-order valence-corrected chi connectivity index (χ4v) is 7.89. The third-order valence-electron chi connectivity index (χ3n) is 9.40. The van der Waals surface area contributed by atoms with Gasteiger partial charge in [-0.25, -0.2) is 14.1 Å². The number of hydrogen-bond donors (Lipinski definition) is 4. The zero-order valence-corrected chi connectivity index (χ0v) is 31.3. The number of hydrogen-bond acceptors (Lipinski definition) is 11. The van der Waals surface area contributed by atoms with E-state index in [-0.39, 0.29) is 18.2 Å². The van der Waals surface area contributed by atoms with Crippen LogP contribution in [0, 0.1) is 0 Å². The number of nitrogens with one attached hydrogen (secondary N) is 1. The summed E-state index contributed by atoms with van der Waals surface area (Å²) in [5.41, 5.74) is 5.38. The van der Waals surface area contributed by atoms with E-state index in [4.69, 9.17) is 24.3 Å². The monoisotopic (exact) mass is 731 g/mol. The number of nitrogens with zero attached hydrogens (tertiary/aromatic N) is 3. The Labute approximate surface area is 302 Å². The zero-order chi connectivity index (χ0) is 36.7. The number of aliphatic hydroxyl groups is 2. The van der Waals surface area contributed by atoms with Gasteiger partial charge >= 0.3 is 13.7 Å². The van der Waals surface area contributed by atoms with Gasteiger partial charge in [0.2, 0.25) is 0 Å². The van der Waals surface area contributed by atoms with Crippen LogP contribution in [-0.4, -0.2) is 67.8 Å². The Morgan fingerprint density at radius 3 is 2.22 bits per heavy atom. The molecule has 3 aromatic rings. The molecular formula is C37H58N5O8P. The van der Waals surface area contributed by atoms with Crippen LogP contribution in [0.1, 0.15) is 122 Å². The quantitative estimate of drug-likeness (QED) is 0.0419. The fraction of sp³-hybridized carbons (Fsp3) is 0.649. The number of nitrogen functional groups attached to an aromatic ring is 1. The maximum absolute atomic E-state index is 14.1. The number of rotatable bonds is 24. The molecular weight excluding hydrogens is 673 g/mol. The first-order valence-electron chi connectivity index (χ1n) is 18.6. The number of benzene rings is 1. The van der Waals surface area contributed by atoms with Crippen LogP contribution in [-0.2, 0) is 23.4 Å². The molecule has 13 nitrogen and oxygen atoms in total. The topological polar surface area (TPSA) is 180 Å². The summed E-state index contributed by atoms with van der Waals surface area (Å²) >= 11 is 0. The molecule has 1 fully saturated rings. The van der Waals surface area contributed by atoms with Gasteiger partial charge in [0.15, 0.2) is 5.82 Å². The van der Waals surface area contributed by atoms with E-state index in [1.807, 2.05) is 0 Å². The number of aliphatic hydroxyl groups excluding tert-OH is 2. The summed E-state index contributed by atoms with van der Waals surface area (Å²) < 4.78 is 38.8. The van der Waals surface area contributed by atoms with Gasteiger partial charge in [-0.15, -0.1) is 0 Å². The summed E-state index contributed by atoms with van der Waals surface area (Å²) in [7, 11) is -4.26. The van der Waals surface area contributed by atoms with Crippen molar-refractivity contribution in [1.29, 1.82) is 0 Å². The predicted molar refractivity (Wildman–Crippen MR) is 196 cm³/mol. The van der Waals surface area contributed by atoms with Gasteiger partial charge in [-0.2, -0.15) is 10.2 Å². The minimum atomic E-state index is -4.26. The minimum absolute atomic E-state index is 0.240. The van der Waals surface area contributed by atoms with Crippen molar-refractivity contribution in [3.63, 3.8) is 0 Å². The number of fused-ring (bicyclic) bond motifs is 1. The van der Waals surface area contributed by atoms with Crippen molar-refractivity contribution in [1.82, 2.24) is 19.7 Å². The Balaban J connectivity index is 1.23. The lowest BCUT2D eigenvalue weighted by Crippen LogP contribution is -2.45. The SMILES string of the molecule is CCCCCCCCCCCCCCCCOC(=O)[C@H](C)NP(=O)(OC[C@@]1(C)O[C@@H](c2ccc3c(N)ncnn23)[C@H](O)[C@@H]1O)Oc1ccccc1. The van der Waals surface area contributed by atoms with Crippen LogP contribution < -0.4 is 15.3 Å². The average molecular weight is 732 g/mol. The third-order valence-corrected chi connectivity index (χ3v) is 11.0. The highest BCUT2D eigenvalue weighted by atomic mass is 31.2. The third kappa shape index (κ3) is 12.0. The highest BCUT2D eigenvalue weighted by Gasteiger charge is 2.54. The van der Waals surface area contributed by atoms with E-state index in [1.165, 1.54) is 95.3 Å². The number of carbonyl (C=O) groups excluding carboxylic acids is 1. The van der Waals surface area contributed by atoms with Crippen molar-refractivity contribution in [2.24, 2.45) is 0 Å². The second-order valence-electron chi connectivity index (χ2n) is 13.8. The molecule has 6 atom stereocenters. The van der Waals surface area contributed by atoms with Gasteiger partial charge in [-0.3, -0.25) is 9.32 Å². The molecule has 0 radical (unpaired) electrons. The van der Waals surface area contributed by atoms with Crippen LogP contribution in [0.5, 0.6) is 5.75 Å². The van der Waals surface area contributed by atoms with Crippen LogP contribution in [0.3, 0.4) is 0 Å². The van der Waals surface area contributed by atoms with Crippen molar-refractivity contribution in [3.8, 4) is 5.75 Å². The van der Waals surface area contributed by atoms with Gasteiger partial charge in [-0.05, 0) is 44.5 Å². The molecule has 0 aliphatic carbocycles. The number of aromatic nitrogens is 3. The van der Waals surface area contributed by atoms with E-state index in [9.17, 15) is 19.6 Å². The number of nitrogens with two attached hydrogens (primary N) is 1. The number of ether oxygens (including phenoxy) is 2. The van der Waals surface area contributed by atoms with Gasteiger partial charge in [0, 0.05) is 0 Å². The Morgan fingerprint density at radius 1 is 0.980 bits per heavy atom. The molecule has 5 N–H and O–H groups in total. The minimum Gasteiger partial charge on any atom is -0.465 e. The van der Waals surface area contributed by atoms with Crippen LogP contribution in [0.2, 0.25) is 0 Å². The smallest absolute Gasteiger partial charge is 0.459 e. The molecule has 2 aromatic heterocycles. The van der Waals surface area contributed by atoms with Gasteiger partial charge in [0.1, 0.15) is 47.5 Å². The number of unbranched alkanes of at least 4 members (excludes halogenated alkanes) is 13. The standard InChI is InChI=1S/C37H58N5O8P/c1-4-5-6-7-8-9-10-11-12-13-14-15-16-20-25-47-36(45)28(2)41-51(46,50-29-21-18-17-19-22-29)48-26-37(3)34(44)32(43)33(49-37)30-23-24-31-35(38)39-27-40-42(30)31/h17-19,21-24,27-28,32-34,43-44H,4-16,20,25-26H2,1-3H3,(H,41,46)(H2,38,39,40)/t28-,32-,33-,34-,37+,51?/m0/s1. The Kier molecular flexibility index (Phi) is 16.2. The van der Waals surface area contributed by atoms with Crippen molar-refractivity contribution in [2.45, 2.75) is 141 Å². The first-order valence-corrected chi connectivity index (χ1v) is 20.2. The Morgan fingerprint density at radius 2 is 1.59 bits per heavy atom. The second kappa shape index (κ2) is 20.3. The van der Waals surface area contributed by atoms with Gasteiger partial charge in [-0.1, -0.05) is 109 Å². The normalized spacial score (nSPS) is 22.2. The first-order chi connectivity index (χ1) is 24.6. The molecule has 3 heterocycles. The molecule has 1 aliphatic heterocycles. The van der Waals surface area contributed by atoms with Crippen molar-refractivity contribution in [2.75, 3.05) is 18.9 Å². The van der Waals surface area contributed by atoms with E-state index >= 15 is 0 Å². The number of para-hydroxylation sites is 1. The van der Waals surface area contributed by atoms with Gasteiger partial charge in [0.05, 0.1) is 18.9 Å². The molecule has 1 aromatic carbocycles. The van der Waals surface area contributed by atoms with E-state index in [1.54, 1.807) is 42.5 Å². The molecule has 51 heavy (non-hydrogen) atoms. The molecule has 4 rings (SSSR count). The molecule has 1 aliphatic rings. The molecule has 0 amide bonds. The summed E-state index contributed by atoms with van der Waals surface area (Å²) in [5, 5.41) is 29.0. The highest BCUT2D eigenvalue weighted by molar-refractivity contribution is 7.52. The lowest BCUT2D eigenvalue weighted by molar-refractivity contribution is -0.145. The molecule has 1 unspecified atom stereocenters. The molecule has 284 valence electrons. The number of anilines is 1. The van der Waals surface area contributed by atoms with Crippen molar-refractivity contribution >= 4 is 25.1 Å². The summed E-state index contributed by atoms with van der Waals surface area (Å²) in [6, 6.07) is 10.7. The van der Waals surface area contributed by atoms with Crippen molar-refractivity contribution < 1.29 is 38.1 Å². The number of esters is 1. The van der Waals surface area contributed by atoms with E-state index in [2.05, 4.69) is 22.1 Å². The summed E-state index contributed by atoms with van der Waals surface area (Å²) in [6.45, 7) is 5.10. The summed E-state index contributed by atoms with van der Waals surface area (Å²) in [5.74, 6) is -0.109. The molecule has 14 heteroatoms. The second-order valence-corrected chi connectivity index (χ2v) is 15.5. The highest BCUT2D eigenvalue weighted by Crippen LogP contribution is 2.48. The number of carbonyl (C=O) groups is 1. The van der Waals surface area contributed by atoms with Crippen molar-refractivity contribution in [3.05, 3.63) is 54.5 Å². The van der Waals surface area contributed by atoms with Crippen LogP contribution in [0.25, 0.3) is 5.52 Å². The fourth-order valence-electron chi connectivity index (χ4n) is 6.31.